The van der Waals surface area contributed by atoms with Crippen LogP contribution in [-0.4, -0.2) is 18.0 Å². The van der Waals surface area contributed by atoms with E-state index in [2.05, 4.69) is 26.4 Å². The Balaban J connectivity index is 1.53. The van der Waals surface area contributed by atoms with Gasteiger partial charge in [-0.2, -0.15) is 23.4 Å². The van der Waals surface area contributed by atoms with Crippen LogP contribution in [0.4, 0.5) is 29.3 Å². The van der Waals surface area contributed by atoms with Gasteiger partial charge >= 0.3 is 12.2 Å². The number of amides is 2. The maximum atomic E-state index is 12.7. The first-order valence-corrected chi connectivity index (χ1v) is 10.4. The fourth-order valence-electron chi connectivity index (χ4n) is 3.08. The third-order valence-electron chi connectivity index (χ3n) is 4.99. The van der Waals surface area contributed by atoms with Crippen LogP contribution in [0.25, 0.3) is 0 Å². The molecule has 0 spiro atoms. The minimum Gasteiger partial charge on any atom is -0.306 e. The van der Waals surface area contributed by atoms with Gasteiger partial charge in [0, 0.05) is 5.69 Å². The van der Waals surface area contributed by atoms with Crippen molar-refractivity contribution in [3.8, 4) is 0 Å². The lowest BCUT2D eigenvalue weighted by Gasteiger charge is -2.10. The quantitative estimate of drug-likeness (QED) is 0.293. The molecule has 6 nitrogen and oxygen atoms in total. The first-order chi connectivity index (χ1) is 16.1. The molecule has 0 atom stereocenters. The second-order valence-electron chi connectivity index (χ2n) is 7.60. The maximum Gasteiger partial charge on any atom is 0.416 e. The van der Waals surface area contributed by atoms with Crippen molar-refractivity contribution in [2.45, 2.75) is 26.9 Å². The minimum atomic E-state index is -4.37. The molecule has 0 radical (unpaired) electrons. The van der Waals surface area contributed by atoms with Gasteiger partial charge in [0.25, 0.3) is 0 Å². The second kappa shape index (κ2) is 10.7. The molecular formula is C25H24F3N5O. The number of hydrogen-bond donors (Lipinski definition) is 3. The van der Waals surface area contributed by atoms with Crippen molar-refractivity contribution in [1.82, 2.24) is 5.43 Å². The SMILES string of the molecule is C/C(=N\Nc1ccc(/C=N/NC(=O)Nc2c(C)cccc2C)cc1)c1ccc(C(F)(F)F)cc1. The number of nitrogens with zero attached hydrogens (tertiary/aromatic N) is 2. The normalized spacial score (nSPS) is 12.0. The molecule has 3 aromatic rings. The number of benzene rings is 3. The number of urea groups is 1. The van der Waals surface area contributed by atoms with Crippen LogP contribution in [-0.2, 0) is 6.18 Å². The molecule has 34 heavy (non-hydrogen) atoms. The molecule has 0 aliphatic rings. The van der Waals surface area contributed by atoms with Gasteiger partial charge in [-0.15, -0.1) is 0 Å². The van der Waals surface area contributed by atoms with E-state index in [1.807, 2.05) is 32.0 Å². The van der Waals surface area contributed by atoms with E-state index in [-0.39, 0.29) is 0 Å². The molecule has 0 aliphatic carbocycles. The number of nitrogens with one attached hydrogen (secondary N) is 3. The molecule has 2 amide bonds. The van der Waals surface area contributed by atoms with E-state index in [9.17, 15) is 18.0 Å². The van der Waals surface area contributed by atoms with Crippen LogP contribution in [0.5, 0.6) is 0 Å². The van der Waals surface area contributed by atoms with Gasteiger partial charge in [0.15, 0.2) is 0 Å². The Hall–Kier alpha value is -4.14. The third-order valence-corrected chi connectivity index (χ3v) is 4.99. The highest BCUT2D eigenvalue weighted by Gasteiger charge is 2.29. The Labute approximate surface area is 195 Å². The number of carbonyl (C=O) groups excluding carboxylic acids is 1. The predicted molar refractivity (Wildman–Crippen MR) is 129 cm³/mol. The van der Waals surface area contributed by atoms with E-state index < -0.39 is 17.8 Å². The summed E-state index contributed by atoms with van der Waals surface area (Å²) in [4.78, 5) is 12.1. The molecule has 176 valence electrons. The molecule has 0 bridgehead atoms. The number of halogens is 3. The van der Waals surface area contributed by atoms with E-state index >= 15 is 0 Å². The van der Waals surface area contributed by atoms with Gasteiger partial charge < -0.3 is 5.32 Å². The van der Waals surface area contributed by atoms with Gasteiger partial charge in [0.1, 0.15) is 0 Å². The highest BCUT2D eigenvalue weighted by molar-refractivity contribution is 5.99. The van der Waals surface area contributed by atoms with E-state index in [0.717, 1.165) is 34.5 Å². The average molecular weight is 467 g/mol. The summed E-state index contributed by atoms with van der Waals surface area (Å²) >= 11 is 0. The molecule has 3 N–H and O–H groups in total. The van der Waals surface area contributed by atoms with Gasteiger partial charge in [-0.25, -0.2) is 10.2 Å². The fourth-order valence-corrected chi connectivity index (χ4v) is 3.08. The van der Waals surface area contributed by atoms with Gasteiger partial charge in [-0.05, 0) is 67.3 Å². The zero-order chi connectivity index (χ0) is 24.7. The zero-order valence-electron chi connectivity index (χ0n) is 18.9. The molecule has 9 heteroatoms. The number of carbonyl (C=O) groups is 1. The Morgan fingerprint density at radius 1 is 0.912 bits per heavy atom. The van der Waals surface area contributed by atoms with Gasteiger partial charge in [-0.1, -0.05) is 42.5 Å². The van der Waals surface area contributed by atoms with Crippen LogP contribution in [0.15, 0.2) is 76.9 Å². The molecular weight excluding hydrogens is 443 g/mol. The van der Waals surface area contributed by atoms with Crippen molar-refractivity contribution in [3.05, 3.63) is 94.5 Å². The Kier molecular flexibility index (Phi) is 7.68. The van der Waals surface area contributed by atoms with E-state index in [1.54, 1.807) is 31.2 Å². The van der Waals surface area contributed by atoms with Crippen molar-refractivity contribution >= 4 is 29.3 Å². The van der Waals surface area contributed by atoms with Gasteiger partial charge in [0.05, 0.1) is 23.2 Å². The Morgan fingerprint density at radius 2 is 1.53 bits per heavy atom. The van der Waals surface area contributed by atoms with Crippen LogP contribution in [0.1, 0.15) is 34.7 Å². The van der Waals surface area contributed by atoms with Crippen LogP contribution in [0.2, 0.25) is 0 Å². The summed E-state index contributed by atoms with van der Waals surface area (Å²) in [7, 11) is 0. The summed E-state index contributed by atoms with van der Waals surface area (Å²) in [5, 5.41) is 10.9. The van der Waals surface area contributed by atoms with Crippen molar-refractivity contribution in [2.75, 3.05) is 10.7 Å². The smallest absolute Gasteiger partial charge is 0.306 e. The van der Waals surface area contributed by atoms with E-state index in [4.69, 9.17) is 0 Å². The van der Waals surface area contributed by atoms with Gasteiger partial charge in [0.2, 0.25) is 0 Å². The summed E-state index contributed by atoms with van der Waals surface area (Å²) in [5.74, 6) is 0. The molecule has 3 rings (SSSR count). The van der Waals surface area contributed by atoms with Crippen LogP contribution in [0.3, 0.4) is 0 Å². The lowest BCUT2D eigenvalue weighted by molar-refractivity contribution is -0.137. The monoisotopic (exact) mass is 467 g/mol. The first-order valence-electron chi connectivity index (χ1n) is 10.4. The number of aryl methyl sites for hydroxylation is 2. The van der Waals surface area contributed by atoms with Gasteiger partial charge in [-0.3, -0.25) is 5.43 Å². The number of rotatable bonds is 6. The second-order valence-corrected chi connectivity index (χ2v) is 7.60. The zero-order valence-corrected chi connectivity index (χ0v) is 18.9. The molecule has 0 saturated heterocycles. The highest BCUT2D eigenvalue weighted by Crippen LogP contribution is 2.29. The molecule has 0 aromatic heterocycles. The molecule has 0 saturated carbocycles. The standard InChI is InChI=1S/C25H24F3N5O/c1-16-5-4-6-17(2)23(16)30-24(34)33-29-15-19-7-13-22(14-8-19)32-31-18(3)20-9-11-21(12-10-20)25(26,27)28/h4-15,32H,1-3H3,(H2,30,33,34)/b29-15+,31-18+. The summed E-state index contributed by atoms with van der Waals surface area (Å²) in [6, 6.07) is 17.2. The van der Waals surface area contributed by atoms with E-state index in [1.165, 1.54) is 18.3 Å². The summed E-state index contributed by atoms with van der Waals surface area (Å²) in [6.07, 6.45) is -2.86. The Morgan fingerprint density at radius 3 is 2.12 bits per heavy atom. The molecule has 0 heterocycles. The maximum absolute atomic E-state index is 12.7. The molecule has 0 unspecified atom stereocenters. The Bertz CT molecular complexity index is 1180. The van der Waals surface area contributed by atoms with E-state index in [0.29, 0.717) is 17.0 Å². The van der Waals surface area contributed by atoms with Crippen molar-refractivity contribution < 1.29 is 18.0 Å². The van der Waals surface area contributed by atoms with Crippen LogP contribution >= 0.6 is 0 Å². The number of para-hydroxylation sites is 1. The largest absolute Gasteiger partial charge is 0.416 e. The lowest BCUT2D eigenvalue weighted by Crippen LogP contribution is -2.25. The number of anilines is 2. The number of hydrazone groups is 2. The molecule has 0 aliphatic heterocycles. The molecule has 0 fully saturated rings. The lowest BCUT2D eigenvalue weighted by atomic mass is 10.1. The first kappa shape index (κ1) is 24.5. The highest BCUT2D eigenvalue weighted by atomic mass is 19.4. The van der Waals surface area contributed by atoms with Crippen molar-refractivity contribution in [2.24, 2.45) is 10.2 Å². The van der Waals surface area contributed by atoms with Crippen LogP contribution in [0, 0.1) is 13.8 Å². The van der Waals surface area contributed by atoms with Crippen molar-refractivity contribution in [3.63, 3.8) is 0 Å². The van der Waals surface area contributed by atoms with Crippen molar-refractivity contribution in [1.29, 1.82) is 0 Å². The minimum absolute atomic E-state index is 0.444. The summed E-state index contributed by atoms with van der Waals surface area (Å²) < 4.78 is 38.0. The number of hydrogen-bond acceptors (Lipinski definition) is 4. The average Bonchev–Trinajstić information content (AvgIpc) is 2.80. The fraction of sp³-hybridized carbons (Fsp3) is 0.160. The number of alkyl halides is 3. The predicted octanol–water partition coefficient (Wildman–Crippen LogP) is 6.31. The topological polar surface area (TPSA) is 77.9 Å². The summed E-state index contributed by atoms with van der Waals surface area (Å²) in [5.41, 5.74) is 9.81. The third kappa shape index (κ3) is 6.68. The van der Waals surface area contributed by atoms with Crippen LogP contribution < -0.4 is 16.2 Å². The summed E-state index contributed by atoms with van der Waals surface area (Å²) in [6.45, 7) is 5.53. The molecule has 3 aromatic carbocycles.